The van der Waals surface area contributed by atoms with E-state index >= 15 is 0 Å². The number of carbonyl (C=O) groups excluding carboxylic acids is 2. The number of thiophene rings is 1. The minimum absolute atomic E-state index is 0.0665. The van der Waals surface area contributed by atoms with Gasteiger partial charge < -0.3 is 9.26 Å². The topological polar surface area (TPSA) is 98.4 Å². The molecule has 0 bridgehead atoms. The van der Waals surface area contributed by atoms with E-state index < -0.39 is 11.8 Å². The molecular formula is C21H17FN4O4S2. The molecule has 0 saturated heterocycles. The van der Waals surface area contributed by atoms with E-state index in [-0.39, 0.29) is 31.0 Å². The lowest BCUT2D eigenvalue weighted by molar-refractivity contribution is -0.145. The molecule has 0 aliphatic carbocycles. The molecule has 0 N–H and O–H groups in total. The number of nitrogens with zero attached hydrogens (tertiary/aromatic N) is 4. The maximum atomic E-state index is 14.1. The van der Waals surface area contributed by atoms with Gasteiger partial charge in [0.25, 0.3) is 0 Å². The van der Waals surface area contributed by atoms with Gasteiger partial charge in [0.15, 0.2) is 5.13 Å². The third kappa shape index (κ3) is 5.06. The summed E-state index contributed by atoms with van der Waals surface area (Å²) in [5.41, 5.74) is 1.43. The van der Waals surface area contributed by atoms with Crippen molar-refractivity contribution in [2.75, 3.05) is 4.90 Å². The first-order valence-electron chi connectivity index (χ1n) is 9.51. The highest BCUT2D eigenvalue weighted by Gasteiger charge is 2.21. The zero-order chi connectivity index (χ0) is 22.5. The van der Waals surface area contributed by atoms with Crippen LogP contribution in [0.3, 0.4) is 0 Å². The molecule has 0 spiro atoms. The largest absolute Gasteiger partial charge is 0.459 e. The van der Waals surface area contributed by atoms with Gasteiger partial charge in [-0.25, -0.2) is 9.37 Å². The van der Waals surface area contributed by atoms with Crippen molar-refractivity contribution in [3.05, 3.63) is 63.9 Å². The van der Waals surface area contributed by atoms with E-state index in [0.29, 0.717) is 22.5 Å². The summed E-state index contributed by atoms with van der Waals surface area (Å²) in [4.78, 5) is 33.9. The maximum Gasteiger partial charge on any atom is 0.306 e. The van der Waals surface area contributed by atoms with Gasteiger partial charge in [0.1, 0.15) is 12.4 Å². The molecule has 164 valence electrons. The molecule has 0 radical (unpaired) electrons. The number of rotatable bonds is 8. The lowest BCUT2D eigenvalue weighted by Gasteiger charge is -2.18. The Morgan fingerprint density at radius 3 is 2.78 bits per heavy atom. The number of halogens is 1. The number of benzene rings is 1. The van der Waals surface area contributed by atoms with E-state index in [1.807, 2.05) is 16.8 Å². The van der Waals surface area contributed by atoms with Crippen molar-refractivity contribution < 1.29 is 23.2 Å². The van der Waals surface area contributed by atoms with Crippen LogP contribution in [0.15, 0.2) is 51.0 Å². The summed E-state index contributed by atoms with van der Waals surface area (Å²) >= 11 is 2.69. The first-order chi connectivity index (χ1) is 15.5. The van der Waals surface area contributed by atoms with Gasteiger partial charge in [-0.15, -0.1) is 11.3 Å². The minimum Gasteiger partial charge on any atom is -0.459 e. The second kappa shape index (κ2) is 9.79. The third-order valence-electron chi connectivity index (χ3n) is 4.31. The molecule has 0 unspecified atom stereocenters. The molecule has 0 aliphatic heterocycles. The SMILES string of the molecule is CC(=O)N(c1nc(COC(=O)CCc2nc(-c3ccsc3)no2)cs1)c1ccccc1F. The molecule has 0 saturated carbocycles. The van der Waals surface area contributed by atoms with Gasteiger partial charge >= 0.3 is 5.97 Å². The van der Waals surface area contributed by atoms with Crippen molar-refractivity contribution >= 4 is 45.4 Å². The molecule has 32 heavy (non-hydrogen) atoms. The average Bonchev–Trinajstić information content (AvgIpc) is 3.53. The molecular weight excluding hydrogens is 455 g/mol. The Hall–Kier alpha value is -3.44. The van der Waals surface area contributed by atoms with Gasteiger partial charge in [0.2, 0.25) is 17.6 Å². The number of amides is 1. The third-order valence-corrected chi connectivity index (χ3v) is 5.87. The van der Waals surface area contributed by atoms with Crippen LogP contribution >= 0.6 is 22.7 Å². The summed E-state index contributed by atoms with van der Waals surface area (Å²) in [6, 6.07) is 7.83. The van der Waals surface area contributed by atoms with Crippen LogP contribution in [0.2, 0.25) is 0 Å². The summed E-state index contributed by atoms with van der Waals surface area (Å²) < 4.78 is 24.6. The number of thiazole rings is 1. The van der Waals surface area contributed by atoms with Crippen LogP contribution in [0.4, 0.5) is 15.2 Å². The van der Waals surface area contributed by atoms with Crippen molar-refractivity contribution in [1.82, 2.24) is 15.1 Å². The van der Waals surface area contributed by atoms with Gasteiger partial charge in [-0.3, -0.25) is 14.5 Å². The number of hydrogen-bond acceptors (Lipinski definition) is 9. The van der Waals surface area contributed by atoms with Crippen LogP contribution in [0.25, 0.3) is 11.4 Å². The van der Waals surface area contributed by atoms with Gasteiger partial charge in [-0.05, 0) is 23.6 Å². The lowest BCUT2D eigenvalue weighted by Crippen LogP contribution is -2.23. The van der Waals surface area contributed by atoms with Gasteiger partial charge in [0, 0.05) is 29.7 Å². The van der Waals surface area contributed by atoms with E-state index in [1.54, 1.807) is 17.5 Å². The van der Waals surface area contributed by atoms with Crippen LogP contribution in [0.5, 0.6) is 0 Å². The molecule has 1 aromatic carbocycles. The summed E-state index contributed by atoms with van der Waals surface area (Å²) in [5, 5.41) is 9.67. The Morgan fingerprint density at radius 1 is 1.19 bits per heavy atom. The highest BCUT2D eigenvalue weighted by Crippen LogP contribution is 2.30. The molecule has 4 aromatic rings. The highest BCUT2D eigenvalue weighted by molar-refractivity contribution is 7.14. The first kappa shape index (κ1) is 21.8. The predicted octanol–water partition coefficient (Wildman–Crippen LogP) is 4.75. The number of aromatic nitrogens is 3. The van der Waals surface area contributed by atoms with Crippen LogP contribution in [-0.4, -0.2) is 27.0 Å². The van der Waals surface area contributed by atoms with Crippen molar-refractivity contribution in [2.45, 2.75) is 26.4 Å². The van der Waals surface area contributed by atoms with Crippen LogP contribution in [-0.2, 0) is 27.4 Å². The fourth-order valence-corrected chi connectivity index (χ4v) is 4.31. The molecule has 8 nitrogen and oxygen atoms in total. The van der Waals surface area contributed by atoms with Crippen molar-refractivity contribution in [2.24, 2.45) is 0 Å². The lowest BCUT2D eigenvalue weighted by atomic mass is 10.3. The number of anilines is 2. The minimum atomic E-state index is -0.533. The second-order valence-corrected chi connectivity index (χ2v) is 8.23. The molecule has 0 fully saturated rings. The number of hydrogen-bond donors (Lipinski definition) is 0. The van der Waals surface area contributed by atoms with E-state index in [4.69, 9.17) is 9.26 Å². The quantitative estimate of drug-likeness (QED) is 0.341. The second-order valence-electron chi connectivity index (χ2n) is 6.61. The molecule has 11 heteroatoms. The molecule has 0 aliphatic rings. The standard InChI is InChI=1S/C21H17FN4O4S2/c1-13(27)26(17-5-3-2-4-16(17)22)21-23-15(12-32-21)10-29-19(28)7-6-18-24-20(25-30-18)14-8-9-31-11-14/h2-5,8-9,11-12H,6-7,10H2,1H3. The van der Waals surface area contributed by atoms with Gasteiger partial charge in [-0.1, -0.05) is 17.3 Å². The molecule has 0 atom stereocenters. The summed E-state index contributed by atoms with van der Waals surface area (Å²) in [6.45, 7) is 1.26. The van der Waals surface area contributed by atoms with Crippen molar-refractivity contribution in [3.63, 3.8) is 0 Å². The monoisotopic (exact) mass is 472 g/mol. The Balaban J connectivity index is 1.32. The van der Waals surface area contributed by atoms with Crippen molar-refractivity contribution in [3.8, 4) is 11.4 Å². The first-order valence-corrected chi connectivity index (χ1v) is 11.3. The van der Waals surface area contributed by atoms with Crippen LogP contribution < -0.4 is 4.90 Å². The Morgan fingerprint density at radius 2 is 2.03 bits per heavy atom. The Labute approximate surface area is 190 Å². The van der Waals surface area contributed by atoms with Gasteiger partial charge in [0.05, 0.1) is 17.8 Å². The average molecular weight is 473 g/mol. The summed E-state index contributed by atoms with van der Waals surface area (Å²) in [7, 11) is 0. The molecule has 4 rings (SSSR count). The fraction of sp³-hybridized carbons (Fsp3) is 0.190. The maximum absolute atomic E-state index is 14.1. The predicted molar refractivity (Wildman–Crippen MR) is 117 cm³/mol. The van der Waals surface area contributed by atoms with Crippen LogP contribution in [0, 0.1) is 5.82 Å². The number of ether oxygens (including phenoxy) is 1. The number of para-hydroxylation sites is 1. The molecule has 1 amide bonds. The molecule has 3 heterocycles. The van der Waals surface area contributed by atoms with E-state index in [9.17, 15) is 14.0 Å². The zero-order valence-electron chi connectivity index (χ0n) is 16.9. The molecule has 3 aromatic heterocycles. The number of esters is 1. The van der Waals surface area contributed by atoms with Crippen LogP contribution in [0.1, 0.15) is 24.9 Å². The van der Waals surface area contributed by atoms with E-state index in [0.717, 1.165) is 16.9 Å². The van der Waals surface area contributed by atoms with E-state index in [1.165, 1.54) is 35.3 Å². The zero-order valence-corrected chi connectivity index (χ0v) is 18.5. The van der Waals surface area contributed by atoms with Gasteiger partial charge in [-0.2, -0.15) is 16.3 Å². The van der Waals surface area contributed by atoms with E-state index in [2.05, 4.69) is 15.1 Å². The highest BCUT2D eigenvalue weighted by atomic mass is 32.1. The van der Waals surface area contributed by atoms with Crippen molar-refractivity contribution in [1.29, 1.82) is 0 Å². The normalized spacial score (nSPS) is 10.8. The summed E-state index contributed by atoms with van der Waals surface area (Å²) in [6.07, 6.45) is 0.320. The fourth-order valence-electron chi connectivity index (χ4n) is 2.81. The number of aryl methyl sites for hydroxylation is 1. The smallest absolute Gasteiger partial charge is 0.306 e. The Bertz CT molecular complexity index is 1220. The number of carbonyl (C=O) groups is 2. The Kier molecular flexibility index (Phi) is 6.66. The summed E-state index contributed by atoms with van der Waals surface area (Å²) in [5.74, 6) is -0.536.